The van der Waals surface area contributed by atoms with Gasteiger partial charge in [-0.1, -0.05) is 49.1 Å². The van der Waals surface area contributed by atoms with Gasteiger partial charge in [-0.05, 0) is 69.1 Å². The van der Waals surface area contributed by atoms with Crippen LogP contribution in [-0.2, 0) is 17.9 Å². The second-order valence-corrected chi connectivity index (χ2v) is 10.3. The van der Waals surface area contributed by atoms with Gasteiger partial charge in [-0.2, -0.15) is 5.10 Å². The Labute approximate surface area is 235 Å². The molecule has 39 heavy (non-hydrogen) atoms. The third-order valence-corrected chi connectivity index (χ3v) is 7.54. The summed E-state index contributed by atoms with van der Waals surface area (Å²) in [6.45, 7) is 6.77. The van der Waals surface area contributed by atoms with Crippen molar-refractivity contribution in [3.63, 3.8) is 0 Å². The Balaban J connectivity index is 1.49. The number of hydrogen-bond donors (Lipinski definition) is 2. The number of ether oxygens (including phenoxy) is 1. The van der Waals surface area contributed by atoms with Gasteiger partial charge in [-0.15, -0.1) is 0 Å². The Morgan fingerprint density at radius 3 is 2.59 bits per heavy atom. The van der Waals surface area contributed by atoms with Crippen molar-refractivity contribution in [3.05, 3.63) is 76.1 Å². The molecule has 0 saturated heterocycles. The van der Waals surface area contributed by atoms with E-state index < -0.39 is 0 Å². The van der Waals surface area contributed by atoms with Crippen LogP contribution >= 0.6 is 11.6 Å². The van der Waals surface area contributed by atoms with Crippen LogP contribution in [0.1, 0.15) is 59.4 Å². The van der Waals surface area contributed by atoms with Gasteiger partial charge < -0.3 is 20.3 Å². The Bertz CT molecular complexity index is 1260. The monoisotopic (exact) mass is 551 g/mol. The van der Waals surface area contributed by atoms with Gasteiger partial charge >= 0.3 is 0 Å². The molecule has 0 atom stereocenters. The molecule has 1 aliphatic heterocycles. The number of aryl methyl sites for hydroxylation is 1. The molecule has 1 aromatic heterocycles. The van der Waals surface area contributed by atoms with Gasteiger partial charge in [0.25, 0.3) is 11.8 Å². The molecule has 0 saturated carbocycles. The zero-order valence-corrected chi connectivity index (χ0v) is 23.6. The Morgan fingerprint density at radius 1 is 1.05 bits per heavy atom. The van der Waals surface area contributed by atoms with E-state index in [1.54, 1.807) is 10.7 Å². The predicted molar refractivity (Wildman–Crippen MR) is 155 cm³/mol. The van der Waals surface area contributed by atoms with Gasteiger partial charge in [0.05, 0.1) is 23.0 Å². The van der Waals surface area contributed by atoms with Gasteiger partial charge in [-0.25, -0.2) is 0 Å². The van der Waals surface area contributed by atoms with Crippen LogP contribution in [0.3, 0.4) is 0 Å². The molecule has 2 N–H and O–H groups in total. The second kappa shape index (κ2) is 14.1. The molecule has 2 aromatic carbocycles. The summed E-state index contributed by atoms with van der Waals surface area (Å²) in [5.41, 5.74) is 3.96. The van der Waals surface area contributed by atoms with Crippen LogP contribution in [0, 0.1) is 13.8 Å². The zero-order chi connectivity index (χ0) is 27.6. The zero-order valence-electron chi connectivity index (χ0n) is 22.8. The van der Waals surface area contributed by atoms with E-state index in [4.69, 9.17) is 16.3 Å². The Kier molecular flexibility index (Phi) is 10.4. The van der Waals surface area contributed by atoms with Gasteiger partial charge in [0.2, 0.25) is 0 Å². The highest BCUT2D eigenvalue weighted by molar-refractivity contribution is 6.31. The van der Waals surface area contributed by atoms with Crippen LogP contribution < -0.4 is 20.3 Å². The first kappa shape index (κ1) is 28.6. The van der Waals surface area contributed by atoms with Crippen LogP contribution in [0.15, 0.2) is 48.5 Å². The van der Waals surface area contributed by atoms with Crippen molar-refractivity contribution < 1.29 is 14.3 Å². The summed E-state index contributed by atoms with van der Waals surface area (Å²) in [7, 11) is 0. The van der Waals surface area contributed by atoms with Crippen LogP contribution in [0.5, 0.6) is 5.75 Å². The summed E-state index contributed by atoms with van der Waals surface area (Å²) in [4.78, 5) is 28.2. The lowest BCUT2D eigenvalue weighted by atomic mass is 10.0. The quantitative estimate of drug-likeness (QED) is 0.429. The fourth-order valence-electron chi connectivity index (χ4n) is 4.79. The SMILES string of the molecule is Cc1nn(CCNC(=O)c2ccc3c(c2)CNCCCCCCCN3C(=O)COc2ccccc2)c(C)c1Cl. The lowest BCUT2D eigenvalue weighted by molar-refractivity contribution is -0.120. The van der Waals surface area contributed by atoms with Crippen molar-refractivity contribution in [2.24, 2.45) is 0 Å². The van der Waals surface area contributed by atoms with E-state index in [-0.39, 0.29) is 18.4 Å². The fourth-order valence-corrected chi connectivity index (χ4v) is 4.93. The van der Waals surface area contributed by atoms with Crippen molar-refractivity contribution >= 4 is 29.1 Å². The van der Waals surface area contributed by atoms with Crippen LogP contribution in [0.4, 0.5) is 5.69 Å². The van der Waals surface area contributed by atoms with Gasteiger partial charge in [0.15, 0.2) is 6.61 Å². The number of halogens is 1. The van der Waals surface area contributed by atoms with E-state index in [2.05, 4.69) is 15.7 Å². The maximum Gasteiger partial charge on any atom is 0.264 e. The normalized spacial score (nSPS) is 14.6. The average molecular weight is 552 g/mol. The molecule has 2 amide bonds. The van der Waals surface area contributed by atoms with Crippen molar-refractivity contribution in [1.82, 2.24) is 20.4 Å². The maximum absolute atomic E-state index is 13.4. The summed E-state index contributed by atoms with van der Waals surface area (Å²) in [6, 6.07) is 14.9. The molecular weight excluding hydrogens is 514 g/mol. The average Bonchev–Trinajstić information content (AvgIpc) is 3.19. The summed E-state index contributed by atoms with van der Waals surface area (Å²) >= 11 is 6.24. The number of benzene rings is 2. The highest BCUT2D eigenvalue weighted by Gasteiger charge is 2.21. The van der Waals surface area contributed by atoms with E-state index >= 15 is 0 Å². The molecule has 2 heterocycles. The molecule has 0 fully saturated rings. The first-order valence-corrected chi connectivity index (χ1v) is 14.1. The van der Waals surface area contributed by atoms with E-state index in [9.17, 15) is 9.59 Å². The number of anilines is 1. The number of amides is 2. The molecule has 4 rings (SSSR count). The van der Waals surface area contributed by atoms with Crippen LogP contribution in [-0.4, -0.2) is 47.8 Å². The third kappa shape index (κ3) is 7.83. The lowest BCUT2D eigenvalue weighted by Crippen LogP contribution is -2.37. The summed E-state index contributed by atoms with van der Waals surface area (Å²) in [6.07, 6.45) is 5.41. The van der Waals surface area contributed by atoms with Gasteiger partial charge in [0.1, 0.15) is 5.75 Å². The molecule has 0 spiro atoms. The summed E-state index contributed by atoms with van der Waals surface area (Å²) in [5.74, 6) is 0.400. The smallest absolute Gasteiger partial charge is 0.264 e. The molecule has 0 aliphatic carbocycles. The lowest BCUT2D eigenvalue weighted by Gasteiger charge is -2.26. The standard InChI is InChI=1S/C30H38ClN5O3/c1-22-29(31)23(2)36(34-22)18-16-33-30(38)24-13-14-27-25(19-24)20-32-15-9-4-3-5-10-17-35(27)28(37)21-39-26-11-7-6-8-12-26/h6-8,11-14,19,32H,3-5,9-10,15-18,20-21H2,1-2H3,(H,33,38). The van der Waals surface area contributed by atoms with Gasteiger partial charge in [-0.3, -0.25) is 14.3 Å². The molecule has 9 heteroatoms. The number of hydrogen-bond acceptors (Lipinski definition) is 5. The van der Waals surface area contributed by atoms with E-state index in [1.807, 2.05) is 61.2 Å². The van der Waals surface area contributed by atoms with E-state index in [0.717, 1.165) is 61.3 Å². The molecule has 1 aliphatic rings. The second-order valence-electron chi connectivity index (χ2n) is 9.90. The molecule has 0 unspecified atom stereocenters. The van der Waals surface area contributed by atoms with E-state index in [1.165, 1.54) is 0 Å². The topological polar surface area (TPSA) is 88.5 Å². The number of para-hydroxylation sites is 1. The number of carbonyl (C=O) groups is 2. The van der Waals surface area contributed by atoms with Crippen LogP contribution in [0.25, 0.3) is 0 Å². The fraction of sp³-hybridized carbons (Fsp3) is 0.433. The number of rotatable bonds is 7. The van der Waals surface area contributed by atoms with Crippen molar-refractivity contribution in [2.45, 2.75) is 59.0 Å². The maximum atomic E-state index is 13.4. The highest BCUT2D eigenvalue weighted by atomic mass is 35.5. The Hall–Kier alpha value is -3.36. The van der Waals surface area contributed by atoms with Crippen molar-refractivity contribution in [3.8, 4) is 5.75 Å². The largest absolute Gasteiger partial charge is 0.484 e. The first-order chi connectivity index (χ1) is 18.9. The number of carbonyl (C=O) groups excluding carboxylic acids is 2. The summed E-state index contributed by atoms with van der Waals surface area (Å²) in [5, 5.41) is 11.6. The number of fused-ring (bicyclic) bond motifs is 1. The number of nitrogens with one attached hydrogen (secondary N) is 2. The minimum atomic E-state index is -0.165. The minimum absolute atomic E-state index is 0.0462. The number of aromatic nitrogens is 2. The summed E-state index contributed by atoms with van der Waals surface area (Å²) < 4.78 is 7.59. The third-order valence-electron chi connectivity index (χ3n) is 6.99. The minimum Gasteiger partial charge on any atom is -0.484 e. The molecule has 8 nitrogen and oxygen atoms in total. The molecule has 208 valence electrons. The first-order valence-electron chi connectivity index (χ1n) is 13.7. The molecular formula is C30H38ClN5O3. The predicted octanol–water partition coefficient (Wildman–Crippen LogP) is 5.05. The van der Waals surface area contributed by atoms with Gasteiger partial charge in [0, 0.05) is 30.9 Å². The molecule has 3 aromatic rings. The molecule has 0 bridgehead atoms. The molecule has 0 radical (unpaired) electrons. The van der Waals surface area contributed by atoms with Crippen LogP contribution in [0.2, 0.25) is 5.02 Å². The highest BCUT2D eigenvalue weighted by Crippen LogP contribution is 2.25. The van der Waals surface area contributed by atoms with Crippen molar-refractivity contribution in [2.75, 3.05) is 31.1 Å². The van der Waals surface area contributed by atoms with Crippen molar-refractivity contribution in [1.29, 1.82) is 0 Å². The number of nitrogens with zero attached hydrogens (tertiary/aromatic N) is 3. The Morgan fingerprint density at radius 2 is 1.82 bits per heavy atom. The van der Waals surface area contributed by atoms with E-state index in [0.29, 0.717) is 42.5 Å².